The average Bonchev–Trinajstić information content (AvgIpc) is 3.03. The van der Waals surface area contributed by atoms with Crippen molar-refractivity contribution in [2.24, 2.45) is 5.92 Å². The summed E-state index contributed by atoms with van der Waals surface area (Å²) < 4.78 is 0. The first kappa shape index (κ1) is 11.7. The molecule has 3 heteroatoms. The molecular weight excluding hydrogens is 224 g/mol. The van der Waals surface area contributed by atoms with Gasteiger partial charge in [-0.25, -0.2) is 0 Å². The third kappa shape index (κ3) is 2.56. The first-order valence-corrected chi connectivity index (χ1v) is 6.86. The first-order chi connectivity index (χ1) is 8.72. The molecular formula is C15H20N2O. The molecule has 1 aliphatic heterocycles. The smallest absolute Gasteiger partial charge is 0.251 e. The van der Waals surface area contributed by atoms with E-state index < -0.39 is 0 Å². The van der Waals surface area contributed by atoms with Crippen molar-refractivity contribution in [2.75, 3.05) is 0 Å². The molecule has 1 aromatic rings. The summed E-state index contributed by atoms with van der Waals surface area (Å²) in [6, 6.07) is 6.31. The molecule has 1 atom stereocenters. The van der Waals surface area contributed by atoms with E-state index >= 15 is 0 Å². The Bertz CT molecular complexity index is 466. The van der Waals surface area contributed by atoms with Crippen LogP contribution in [0.4, 0.5) is 0 Å². The molecule has 18 heavy (non-hydrogen) atoms. The van der Waals surface area contributed by atoms with Gasteiger partial charge in [0.1, 0.15) is 0 Å². The number of carbonyl (C=O) groups excluding carboxylic acids is 1. The highest BCUT2D eigenvalue weighted by Gasteiger charge is 2.24. The minimum Gasteiger partial charge on any atom is -0.350 e. The van der Waals surface area contributed by atoms with E-state index in [2.05, 4.69) is 23.6 Å². The van der Waals surface area contributed by atoms with Crippen molar-refractivity contribution < 1.29 is 4.79 Å². The highest BCUT2D eigenvalue weighted by molar-refractivity contribution is 5.94. The topological polar surface area (TPSA) is 41.1 Å². The van der Waals surface area contributed by atoms with Gasteiger partial charge >= 0.3 is 0 Å². The van der Waals surface area contributed by atoms with Gasteiger partial charge < -0.3 is 10.6 Å². The van der Waals surface area contributed by atoms with Crippen molar-refractivity contribution in [2.45, 2.75) is 45.3 Å². The minimum absolute atomic E-state index is 0.0675. The summed E-state index contributed by atoms with van der Waals surface area (Å²) in [5.41, 5.74) is 3.37. The average molecular weight is 244 g/mol. The lowest BCUT2D eigenvalue weighted by molar-refractivity contribution is 0.0937. The van der Waals surface area contributed by atoms with Gasteiger partial charge in [-0.05, 0) is 42.5 Å². The van der Waals surface area contributed by atoms with E-state index in [9.17, 15) is 4.79 Å². The van der Waals surface area contributed by atoms with Crippen molar-refractivity contribution >= 4 is 5.91 Å². The first-order valence-electron chi connectivity index (χ1n) is 6.86. The van der Waals surface area contributed by atoms with E-state index in [1.54, 1.807) is 0 Å². The van der Waals surface area contributed by atoms with Crippen LogP contribution in [0.25, 0.3) is 0 Å². The van der Waals surface area contributed by atoms with Crippen LogP contribution in [0.15, 0.2) is 18.2 Å². The molecule has 1 aromatic carbocycles. The molecule has 0 saturated heterocycles. The van der Waals surface area contributed by atoms with Crippen molar-refractivity contribution in [3.05, 3.63) is 34.9 Å². The lowest BCUT2D eigenvalue weighted by Crippen LogP contribution is -2.32. The Morgan fingerprint density at radius 3 is 2.94 bits per heavy atom. The Morgan fingerprint density at radius 2 is 2.17 bits per heavy atom. The number of benzene rings is 1. The summed E-state index contributed by atoms with van der Waals surface area (Å²) in [4.78, 5) is 12.1. The van der Waals surface area contributed by atoms with Crippen LogP contribution in [-0.4, -0.2) is 11.9 Å². The van der Waals surface area contributed by atoms with Gasteiger partial charge in [0.25, 0.3) is 5.91 Å². The van der Waals surface area contributed by atoms with Crippen molar-refractivity contribution in [1.82, 2.24) is 10.6 Å². The Labute approximate surface area is 108 Å². The molecule has 1 saturated carbocycles. The van der Waals surface area contributed by atoms with E-state index in [0.29, 0.717) is 0 Å². The summed E-state index contributed by atoms with van der Waals surface area (Å²) >= 11 is 0. The van der Waals surface area contributed by atoms with Gasteiger partial charge in [0.05, 0.1) is 0 Å². The van der Waals surface area contributed by atoms with Crippen LogP contribution in [0.3, 0.4) is 0 Å². The van der Waals surface area contributed by atoms with Crippen molar-refractivity contribution in [1.29, 1.82) is 0 Å². The Hall–Kier alpha value is -1.35. The lowest BCUT2D eigenvalue weighted by Gasteiger charge is -2.13. The van der Waals surface area contributed by atoms with Crippen molar-refractivity contribution in [3.63, 3.8) is 0 Å². The zero-order chi connectivity index (χ0) is 12.5. The Balaban J connectivity index is 1.64. The predicted molar refractivity (Wildman–Crippen MR) is 71.3 cm³/mol. The molecule has 3 rings (SSSR count). The molecule has 1 fully saturated rings. The van der Waals surface area contributed by atoms with Crippen LogP contribution in [0, 0.1) is 5.92 Å². The molecule has 1 amide bonds. The zero-order valence-electron chi connectivity index (χ0n) is 10.8. The number of rotatable bonds is 4. The predicted octanol–water partition coefficient (Wildman–Crippen LogP) is 2.21. The molecule has 3 nitrogen and oxygen atoms in total. The maximum Gasteiger partial charge on any atom is 0.251 e. The molecule has 96 valence electrons. The van der Waals surface area contributed by atoms with Gasteiger partial charge in [-0.2, -0.15) is 0 Å². The van der Waals surface area contributed by atoms with E-state index in [1.807, 2.05) is 12.1 Å². The lowest BCUT2D eigenvalue weighted by atomic mass is 10.1. The summed E-state index contributed by atoms with van der Waals surface area (Å²) in [6.45, 7) is 3.91. The molecule has 2 aliphatic rings. The third-order valence-electron chi connectivity index (χ3n) is 3.86. The number of fused-ring (bicyclic) bond motifs is 1. The minimum atomic E-state index is 0.0675. The van der Waals surface area contributed by atoms with Gasteiger partial charge in [0, 0.05) is 24.7 Å². The number of hydrogen-bond acceptors (Lipinski definition) is 2. The number of carbonyl (C=O) groups is 1. The van der Waals surface area contributed by atoms with Crippen LogP contribution < -0.4 is 10.6 Å². The summed E-state index contributed by atoms with van der Waals surface area (Å²) in [5.74, 6) is 0.919. The number of nitrogens with one attached hydrogen (secondary N) is 2. The molecule has 1 heterocycles. The normalized spacial score (nSPS) is 19.4. The quantitative estimate of drug-likeness (QED) is 0.852. The highest BCUT2D eigenvalue weighted by Crippen LogP contribution is 2.33. The van der Waals surface area contributed by atoms with Gasteiger partial charge in [-0.15, -0.1) is 0 Å². The van der Waals surface area contributed by atoms with Crippen LogP contribution in [-0.2, 0) is 13.1 Å². The molecule has 2 N–H and O–H groups in total. The van der Waals surface area contributed by atoms with Gasteiger partial charge in [0.15, 0.2) is 0 Å². The molecule has 0 radical (unpaired) electrons. The van der Waals surface area contributed by atoms with Crippen molar-refractivity contribution in [3.8, 4) is 0 Å². The second-order valence-corrected chi connectivity index (χ2v) is 5.64. The second-order valence-electron chi connectivity index (χ2n) is 5.64. The van der Waals surface area contributed by atoms with Gasteiger partial charge in [-0.3, -0.25) is 4.79 Å². The molecule has 1 unspecified atom stereocenters. The fraction of sp³-hybridized carbons (Fsp3) is 0.533. The van der Waals surface area contributed by atoms with E-state index in [0.717, 1.165) is 31.0 Å². The fourth-order valence-corrected chi connectivity index (χ4v) is 2.66. The SMILES string of the molecule is CC(CC1CC1)NC(=O)c1ccc2c(c1)CNC2. The standard InChI is InChI=1S/C15H20N2O/c1-10(6-11-2-3-11)17-15(18)12-4-5-13-8-16-9-14(13)7-12/h4-5,7,10-11,16H,2-3,6,8-9H2,1H3,(H,17,18). The van der Waals surface area contributed by atoms with Gasteiger partial charge in [-0.1, -0.05) is 18.9 Å². The van der Waals surface area contributed by atoms with Crippen LogP contribution in [0.5, 0.6) is 0 Å². The molecule has 0 spiro atoms. The maximum absolute atomic E-state index is 12.1. The molecule has 0 aromatic heterocycles. The Kier molecular flexibility index (Phi) is 3.08. The van der Waals surface area contributed by atoms with E-state index in [4.69, 9.17) is 0 Å². The zero-order valence-corrected chi connectivity index (χ0v) is 10.8. The largest absolute Gasteiger partial charge is 0.350 e. The fourth-order valence-electron chi connectivity index (χ4n) is 2.66. The van der Waals surface area contributed by atoms with Gasteiger partial charge in [0.2, 0.25) is 0 Å². The highest BCUT2D eigenvalue weighted by atomic mass is 16.1. The third-order valence-corrected chi connectivity index (χ3v) is 3.86. The summed E-state index contributed by atoms with van der Waals surface area (Å²) in [5, 5.41) is 6.40. The Morgan fingerprint density at radius 1 is 1.39 bits per heavy atom. The summed E-state index contributed by atoms with van der Waals surface area (Å²) in [6.07, 6.45) is 3.80. The molecule has 0 bridgehead atoms. The molecule has 1 aliphatic carbocycles. The van der Waals surface area contributed by atoms with E-state index in [-0.39, 0.29) is 11.9 Å². The number of amides is 1. The second kappa shape index (κ2) is 4.73. The number of hydrogen-bond donors (Lipinski definition) is 2. The van der Waals surface area contributed by atoms with Crippen LogP contribution >= 0.6 is 0 Å². The summed E-state index contributed by atoms with van der Waals surface area (Å²) in [7, 11) is 0. The monoisotopic (exact) mass is 244 g/mol. The van der Waals surface area contributed by atoms with Crippen LogP contribution in [0.2, 0.25) is 0 Å². The maximum atomic E-state index is 12.1. The van der Waals surface area contributed by atoms with Crippen LogP contribution in [0.1, 0.15) is 47.7 Å². The van der Waals surface area contributed by atoms with E-state index in [1.165, 1.54) is 24.0 Å².